The van der Waals surface area contributed by atoms with Gasteiger partial charge < -0.3 is 35.4 Å². The van der Waals surface area contributed by atoms with Crippen molar-refractivity contribution in [3.05, 3.63) is 0 Å². The summed E-state index contributed by atoms with van der Waals surface area (Å²) in [6.45, 7) is -1.83. The number of aliphatic hydroxyl groups excluding tert-OH is 5. The van der Waals surface area contributed by atoms with Gasteiger partial charge in [0.2, 0.25) is 5.78 Å². The van der Waals surface area contributed by atoms with Crippen LogP contribution in [0.25, 0.3) is 0 Å². The molecule has 0 rings (SSSR count). The van der Waals surface area contributed by atoms with E-state index in [2.05, 4.69) is 4.74 Å². The minimum Gasteiger partial charge on any atom is -0.475 e. The largest absolute Gasteiger partial charge is 0.475 e. The summed E-state index contributed by atoms with van der Waals surface area (Å²) in [7, 11) is 0. The first-order valence-corrected chi connectivity index (χ1v) is 5.73. The summed E-state index contributed by atoms with van der Waals surface area (Å²) < 4.78 is 11.2. The Hall–Kier alpha value is -1.59. The lowest BCUT2D eigenvalue weighted by molar-refractivity contribution is -0.180. The fourth-order valence-electron chi connectivity index (χ4n) is 1.45. The van der Waals surface area contributed by atoms with Crippen molar-refractivity contribution in [3.8, 4) is 0 Å². The number of aliphatic hydroxyl groups is 5. The van der Waals surface area contributed by atoms with Crippen LogP contribution in [0.4, 0.5) is 0 Å². The van der Waals surface area contributed by atoms with Gasteiger partial charge in [-0.05, 0) is 0 Å². The molecule has 0 bridgehead atoms. The van der Waals surface area contributed by atoms with Crippen LogP contribution in [-0.2, 0) is 19.1 Å². The van der Waals surface area contributed by atoms with Crippen LogP contribution in [0.3, 0.4) is 0 Å². The van der Waals surface area contributed by atoms with Crippen LogP contribution in [-0.4, -0.2) is 85.5 Å². The number of carboxylic acids is 1. The van der Waals surface area contributed by atoms with Crippen LogP contribution in [0.1, 0.15) is 14.7 Å². The zero-order valence-electron chi connectivity index (χ0n) is 11.8. The molecule has 10 heteroatoms. The maximum absolute atomic E-state index is 11.0. The Bertz CT molecular complexity index is 400. The van der Waals surface area contributed by atoms with Crippen LogP contribution in [0.2, 0.25) is 0 Å². The molecule has 0 saturated heterocycles. The highest BCUT2D eigenvalue weighted by Crippen LogP contribution is 2.14. The lowest BCUT2D eigenvalue weighted by Gasteiger charge is -2.30. The zero-order chi connectivity index (χ0) is 17.4. The first-order chi connectivity index (χ1) is 10.1. The average Bonchev–Trinajstić information content (AvgIpc) is 2.49. The summed E-state index contributed by atoms with van der Waals surface area (Å²) in [6.07, 6.45) is -11.0. The number of hydrogen-bond acceptors (Lipinski definition) is 9. The second-order valence-electron chi connectivity index (χ2n) is 4.19. The van der Waals surface area contributed by atoms with Gasteiger partial charge in [-0.2, -0.15) is 0 Å². The number of carboxylic acid groups (broad SMARTS) is 1. The second kappa shape index (κ2) is 8.64. The fraction of sp³-hybridized carbons (Fsp3) is 0.727. The molecule has 0 fully saturated rings. The molecule has 10 nitrogen and oxygen atoms in total. The van der Waals surface area contributed by atoms with Crippen molar-refractivity contribution in [1.82, 2.24) is 0 Å². The standard InChI is InChI=1S/C11H18O10/c1-4(13)21-10(7(16)3-12)9(18)8(17)5(14)2-6(15)11(19)20/h5,7-10,12,14,16-18H,2-3H2,1H3,(H,19,20)/t5-,7+,8+,9+,10+/m0/s1/i1D. The van der Waals surface area contributed by atoms with Crippen LogP contribution in [0, 0.1) is 0 Å². The van der Waals surface area contributed by atoms with Gasteiger partial charge in [0.15, 0.2) is 6.10 Å². The van der Waals surface area contributed by atoms with Crippen LogP contribution < -0.4 is 0 Å². The van der Waals surface area contributed by atoms with E-state index in [4.69, 9.17) is 11.6 Å². The van der Waals surface area contributed by atoms with Gasteiger partial charge in [0.1, 0.15) is 18.3 Å². The Labute approximate surface area is 120 Å². The van der Waals surface area contributed by atoms with Crippen LogP contribution >= 0.6 is 0 Å². The van der Waals surface area contributed by atoms with E-state index in [1.165, 1.54) is 0 Å². The summed E-state index contributed by atoms with van der Waals surface area (Å²) in [5.74, 6) is -4.46. The van der Waals surface area contributed by atoms with Gasteiger partial charge >= 0.3 is 11.9 Å². The Kier molecular flexibility index (Phi) is 7.19. The maximum atomic E-state index is 11.0. The quantitative estimate of drug-likeness (QED) is 0.184. The molecule has 0 spiro atoms. The number of hydrogen-bond donors (Lipinski definition) is 6. The molecule has 0 aliphatic heterocycles. The highest BCUT2D eigenvalue weighted by Gasteiger charge is 2.38. The highest BCUT2D eigenvalue weighted by molar-refractivity contribution is 6.32. The van der Waals surface area contributed by atoms with Gasteiger partial charge in [0.05, 0.1) is 12.7 Å². The van der Waals surface area contributed by atoms with Gasteiger partial charge in [-0.25, -0.2) is 4.79 Å². The smallest absolute Gasteiger partial charge is 0.372 e. The van der Waals surface area contributed by atoms with E-state index in [0.29, 0.717) is 0 Å². The molecule has 21 heavy (non-hydrogen) atoms. The van der Waals surface area contributed by atoms with Gasteiger partial charge in [0.25, 0.3) is 0 Å². The molecule has 0 aromatic carbocycles. The Morgan fingerprint density at radius 2 is 1.67 bits per heavy atom. The highest BCUT2D eigenvalue weighted by atomic mass is 16.6. The average molecular weight is 311 g/mol. The molecule has 5 atom stereocenters. The summed E-state index contributed by atoms with van der Waals surface area (Å²) in [6, 6.07) is 0. The summed E-state index contributed by atoms with van der Waals surface area (Å²) in [5, 5.41) is 55.5. The molecular formula is C11H18O10. The van der Waals surface area contributed by atoms with Crippen LogP contribution in [0.15, 0.2) is 0 Å². The van der Waals surface area contributed by atoms with Crippen LogP contribution in [0.5, 0.6) is 0 Å². The normalized spacial score (nSPS) is 18.8. The second-order valence-corrected chi connectivity index (χ2v) is 4.19. The fourth-order valence-corrected chi connectivity index (χ4v) is 1.45. The van der Waals surface area contributed by atoms with Crippen molar-refractivity contribution in [1.29, 1.82) is 0 Å². The molecule has 0 heterocycles. The summed E-state index contributed by atoms with van der Waals surface area (Å²) >= 11 is 0. The third kappa shape index (κ3) is 6.14. The number of carbonyl (C=O) groups excluding carboxylic acids is 2. The first kappa shape index (κ1) is 17.5. The third-order valence-corrected chi connectivity index (χ3v) is 2.55. The lowest BCUT2D eigenvalue weighted by Crippen LogP contribution is -2.52. The molecule has 6 N–H and O–H groups in total. The predicted octanol–water partition coefficient (Wildman–Crippen LogP) is -3.60. The SMILES string of the molecule is [2H]CC(=O)O[C@@H]([C@H](O)[C@H](O)[C@@H](O)CC(=O)C(=O)O)[C@H](O)CO. The molecule has 0 aromatic heterocycles. The molecule has 0 saturated carbocycles. The van der Waals surface area contributed by atoms with E-state index in [-0.39, 0.29) is 0 Å². The van der Waals surface area contributed by atoms with E-state index in [1.807, 2.05) is 0 Å². The Morgan fingerprint density at radius 3 is 2.10 bits per heavy atom. The summed E-state index contributed by atoms with van der Waals surface area (Å²) in [4.78, 5) is 32.3. The Morgan fingerprint density at radius 1 is 1.10 bits per heavy atom. The molecular weight excluding hydrogens is 292 g/mol. The maximum Gasteiger partial charge on any atom is 0.372 e. The zero-order valence-corrected chi connectivity index (χ0v) is 10.8. The number of carbonyl (C=O) groups is 3. The third-order valence-electron chi connectivity index (χ3n) is 2.55. The van der Waals surface area contributed by atoms with Crippen molar-refractivity contribution in [3.63, 3.8) is 0 Å². The molecule has 0 radical (unpaired) electrons. The van der Waals surface area contributed by atoms with Crippen molar-refractivity contribution < 1.29 is 51.1 Å². The molecule has 0 unspecified atom stereocenters. The monoisotopic (exact) mass is 311 g/mol. The first-order valence-electron chi connectivity index (χ1n) is 6.44. The van der Waals surface area contributed by atoms with Gasteiger partial charge in [-0.15, -0.1) is 0 Å². The van der Waals surface area contributed by atoms with Gasteiger partial charge in [-0.1, -0.05) is 0 Å². The topological polar surface area (TPSA) is 182 Å². The molecule has 0 aliphatic rings. The number of aliphatic carboxylic acids is 1. The van der Waals surface area contributed by atoms with Gasteiger partial charge in [0, 0.05) is 14.7 Å². The van der Waals surface area contributed by atoms with Crippen molar-refractivity contribution >= 4 is 17.7 Å². The van der Waals surface area contributed by atoms with Crippen molar-refractivity contribution in [2.75, 3.05) is 6.61 Å². The Balaban J connectivity index is 4.95. The predicted molar refractivity (Wildman–Crippen MR) is 63.9 cm³/mol. The summed E-state index contributed by atoms with van der Waals surface area (Å²) in [5.41, 5.74) is 0. The molecule has 0 aliphatic carbocycles. The number of esters is 1. The van der Waals surface area contributed by atoms with E-state index in [1.54, 1.807) is 0 Å². The van der Waals surface area contributed by atoms with E-state index in [0.717, 1.165) is 0 Å². The van der Waals surface area contributed by atoms with E-state index in [9.17, 15) is 34.8 Å². The number of rotatable bonds is 9. The molecule has 0 amide bonds. The number of ether oxygens (including phenoxy) is 1. The minimum absolute atomic E-state index is 0.864. The number of Topliss-reactive ketones (excluding diaryl/α,β-unsaturated/α-hetero) is 1. The number of ketones is 1. The minimum atomic E-state index is -2.15. The van der Waals surface area contributed by atoms with Gasteiger partial charge in [-0.3, -0.25) is 9.59 Å². The van der Waals surface area contributed by atoms with E-state index < -0.39 is 68.2 Å². The molecule has 0 aromatic rings. The van der Waals surface area contributed by atoms with Crippen molar-refractivity contribution in [2.45, 2.75) is 43.8 Å². The van der Waals surface area contributed by atoms with Crippen molar-refractivity contribution in [2.24, 2.45) is 0 Å². The lowest BCUT2D eigenvalue weighted by atomic mass is 9.96. The van der Waals surface area contributed by atoms with E-state index >= 15 is 0 Å². The molecule has 122 valence electrons.